The zero-order chi connectivity index (χ0) is 16.3. The third-order valence-electron chi connectivity index (χ3n) is 4.28. The maximum Gasteiger partial charge on any atom is 0.311 e. The number of carboxylic acid groups (broad SMARTS) is 1. The lowest BCUT2D eigenvalue weighted by Gasteiger charge is -2.33. The molecule has 122 valence electrons. The monoisotopic (exact) mass is 317 g/mol. The molecule has 1 fully saturated rings. The predicted octanol–water partition coefficient (Wildman–Crippen LogP) is 0.874. The SMILES string of the molecule is O=C(Cc1cn2ccccc2n1)NCC1(C(=O)O)CCOCC1. The van der Waals surface area contributed by atoms with Crippen LogP contribution in [-0.2, 0) is 20.7 Å². The van der Waals surface area contributed by atoms with Gasteiger partial charge in [-0.1, -0.05) is 6.07 Å². The molecular formula is C16H19N3O4. The van der Waals surface area contributed by atoms with Gasteiger partial charge in [-0.25, -0.2) is 4.98 Å². The fourth-order valence-corrected chi connectivity index (χ4v) is 2.80. The number of ether oxygens (including phenoxy) is 1. The first-order valence-corrected chi connectivity index (χ1v) is 7.60. The fourth-order valence-electron chi connectivity index (χ4n) is 2.80. The highest BCUT2D eigenvalue weighted by atomic mass is 16.5. The Hall–Kier alpha value is -2.41. The van der Waals surface area contributed by atoms with Crippen molar-refractivity contribution < 1.29 is 19.4 Å². The van der Waals surface area contributed by atoms with Crippen LogP contribution in [0, 0.1) is 5.41 Å². The molecular weight excluding hydrogens is 298 g/mol. The highest BCUT2D eigenvalue weighted by Crippen LogP contribution is 2.30. The topological polar surface area (TPSA) is 92.9 Å². The molecule has 0 unspecified atom stereocenters. The number of fused-ring (bicyclic) bond motifs is 1. The molecule has 2 aromatic heterocycles. The van der Waals surface area contributed by atoms with Crippen molar-refractivity contribution in [1.29, 1.82) is 0 Å². The number of amides is 1. The summed E-state index contributed by atoms with van der Waals surface area (Å²) in [6.45, 7) is 0.946. The quantitative estimate of drug-likeness (QED) is 0.854. The Morgan fingerprint density at radius 3 is 2.83 bits per heavy atom. The van der Waals surface area contributed by atoms with Gasteiger partial charge in [0.15, 0.2) is 0 Å². The third-order valence-corrected chi connectivity index (χ3v) is 4.28. The molecule has 2 aromatic rings. The number of carbonyl (C=O) groups is 2. The number of pyridine rings is 1. The fraction of sp³-hybridized carbons (Fsp3) is 0.438. The van der Waals surface area contributed by atoms with E-state index in [1.807, 2.05) is 28.8 Å². The van der Waals surface area contributed by atoms with Crippen molar-refractivity contribution in [2.75, 3.05) is 19.8 Å². The molecule has 0 spiro atoms. The van der Waals surface area contributed by atoms with Crippen LogP contribution >= 0.6 is 0 Å². The summed E-state index contributed by atoms with van der Waals surface area (Å²) in [5.74, 6) is -1.10. The number of rotatable bonds is 5. The Balaban J connectivity index is 1.61. The van der Waals surface area contributed by atoms with E-state index in [2.05, 4.69) is 10.3 Å². The van der Waals surface area contributed by atoms with E-state index in [-0.39, 0.29) is 18.9 Å². The van der Waals surface area contributed by atoms with E-state index >= 15 is 0 Å². The van der Waals surface area contributed by atoms with Crippen LogP contribution in [0.3, 0.4) is 0 Å². The second kappa shape index (κ2) is 6.37. The molecule has 2 N–H and O–H groups in total. The Labute approximate surface area is 133 Å². The normalized spacial score (nSPS) is 17.0. The van der Waals surface area contributed by atoms with Crippen molar-refractivity contribution in [3.05, 3.63) is 36.3 Å². The van der Waals surface area contributed by atoms with Gasteiger partial charge in [0.1, 0.15) is 5.65 Å². The molecule has 0 bridgehead atoms. The standard InChI is InChI=1S/C16H19N3O4/c20-14(9-12-10-19-6-2-1-3-13(19)18-12)17-11-16(15(21)22)4-7-23-8-5-16/h1-3,6,10H,4-5,7-9,11H2,(H,17,20)(H,21,22). The molecule has 0 saturated carbocycles. The summed E-state index contributed by atoms with van der Waals surface area (Å²) in [5.41, 5.74) is 0.513. The summed E-state index contributed by atoms with van der Waals surface area (Å²) in [4.78, 5) is 28.0. The van der Waals surface area contributed by atoms with E-state index in [9.17, 15) is 14.7 Å². The number of hydrogen-bond acceptors (Lipinski definition) is 4. The van der Waals surface area contributed by atoms with Gasteiger partial charge in [-0.15, -0.1) is 0 Å². The van der Waals surface area contributed by atoms with Crippen LogP contribution < -0.4 is 5.32 Å². The number of aliphatic carboxylic acids is 1. The molecule has 1 aliphatic rings. The van der Waals surface area contributed by atoms with Crippen molar-refractivity contribution in [3.63, 3.8) is 0 Å². The predicted molar refractivity (Wildman–Crippen MR) is 82.0 cm³/mol. The molecule has 3 rings (SSSR count). The highest BCUT2D eigenvalue weighted by Gasteiger charge is 2.40. The lowest BCUT2D eigenvalue weighted by atomic mass is 9.80. The number of carboxylic acids is 1. The Bertz CT molecular complexity index is 686. The van der Waals surface area contributed by atoms with Gasteiger partial charge in [0.25, 0.3) is 0 Å². The van der Waals surface area contributed by atoms with E-state index in [1.165, 1.54) is 0 Å². The molecule has 0 radical (unpaired) electrons. The highest BCUT2D eigenvalue weighted by molar-refractivity contribution is 5.80. The van der Waals surface area contributed by atoms with E-state index in [0.717, 1.165) is 5.65 Å². The molecule has 1 saturated heterocycles. The van der Waals surface area contributed by atoms with Crippen molar-refractivity contribution in [2.24, 2.45) is 5.41 Å². The van der Waals surface area contributed by atoms with Gasteiger partial charge in [0.2, 0.25) is 5.91 Å². The van der Waals surface area contributed by atoms with Gasteiger partial charge in [-0.05, 0) is 25.0 Å². The van der Waals surface area contributed by atoms with Crippen LogP contribution in [0.1, 0.15) is 18.5 Å². The minimum atomic E-state index is -0.924. The number of hydrogen-bond donors (Lipinski definition) is 2. The summed E-state index contributed by atoms with van der Waals surface area (Å²) >= 11 is 0. The van der Waals surface area contributed by atoms with Gasteiger partial charge in [-0.2, -0.15) is 0 Å². The maximum atomic E-state index is 12.1. The van der Waals surface area contributed by atoms with Gasteiger partial charge in [0, 0.05) is 32.2 Å². The number of aromatic nitrogens is 2. The van der Waals surface area contributed by atoms with Crippen LogP contribution in [0.5, 0.6) is 0 Å². The summed E-state index contributed by atoms with van der Waals surface area (Å²) in [5, 5.41) is 12.2. The maximum absolute atomic E-state index is 12.1. The van der Waals surface area contributed by atoms with Gasteiger partial charge in [-0.3, -0.25) is 9.59 Å². The molecule has 0 atom stereocenters. The van der Waals surface area contributed by atoms with Gasteiger partial charge in [0.05, 0.1) is 17.5 Å². The van der Waals surface area contributed by atoms with Crippen molar-refractivity contribution in [3.8, 4) is 0 Å². The molecule has 7 nitrogen and oxygen atoms in total. The minimum Gasteiger partial charge on any atom is -0.481 e. The first kappa shape index (κ1) is 15.5. The number of imidazole rings is 1. The smallest absolute Gasteiger partial charge is 0.311 e. The Morgan fingerprint density at radius 2 is 2.13 bits per heavy atom. The molecule has 3 heterocycles. The Morgan fingerprint density at radius 1 is 1.35 bits per heavy atom. The minimum absolute atomic E-state index is 0.123. The molecule has 1 aliphatic heterocycles. The van der Waals surface area contributed by atoms with Gasteiger partial charge >= 0.3 is 5.97 Å². The first-order valence-electron chi connectivity index (χ1n) is 7.60. The lowest BCUT2D eigenvalue weighted by Crippen LogP contribution is -2.46. The second-order valence-corrected chi connectivity index (χ2v) is 5.85. The molecule has 1 amide bonds. The van der Waals surface area contributed by atoms with Gasteiger partial charge < -0.3 is 19.6 Å². The van der Waals surface area contributed by atoms with Crippen LogP contribution in [0.4, 0.5) is 0 Å². The molecule has 0 aromatic carbocycles. The van der Waals surface area contributed by atoms with Crippen LogP contribution in [-0.4, -0.2) is 46.1 Å². The van der Waals surface area contributed by atoms with Crippen molar-refractivity contribution in [1.82, 2.24) is 14.7 Å². The van der Waals surface area contributed by atoms with Crippen LogP contribution in [0.15, 0.2) is 30.6 Å². The average molecular weight is 317 g/mol. The largest absolute Gasteiger partial charge is 0.481 e. The van der Waals surface area contributed by atoms with E-state index < -0.39 is 11.4 Å². The number of carbonyl (C=O) groups excluding carboxylic acids is 1. The van der Waals surface area contributed by atoms with Crippen molar-refractivity contribution in [2.45, 2.75) is 19.3 Å². The molecule has 0 aliphatic carbocycles. The number of nitrogens with zero attached hydrogens (tertiary/aromatic N) is 2. The van der Waals surface area contributed by atoms with E-state index in [1.54, 1.807) is 6.20 Å². The average Bonchev–Trinajstić information content (AvgIpc) is 2.96. The lowest BCUT2D eigenvalue weighted by molar-refractivity contribution is -0.154. The summed E-state index contributed by atoms with van der Waals surface area (Å²) in [6.07, 6.45) is 4.63. The zero-order valence-corrected chi connectivity index (χ0v) is 12.7. The van der Waals surface area contributed by atoms with E-state index in [4.69, 9.17) is 4.74 Å². The van der Waals surface area contributed by atoms with Crippen LogP contribution in [0.2, 0.25) is 0 Å². The van der Waals surface area contributed by atoms with Crippen LogP contribution in [0.25, 0.3) is 5.65 Å². The Kier molecular flexibility index (Phi) is 4.29. The zero-order valence-electron chi connectivity index (χ0n) is 12.7. The molecule has 23 heavy (non-hydrogen) atoms. The number of nitrogens with one attached hydrogen (secondary N) is 1. The summed E-state index contributed by atoms with van der Waals surface area (Å²) < 4.78 is 7.07. The van der Waals surface area contributed by atoms with Crippen molar-refractivity contribution >= 4 is 17.5 Å². The summed E-state index contributed by atoms with van der Waals surface area (Å²) in [7, 11) is 0. The molecule has 7 heteroatoms. The third kappa shape index (κ3) is 3.34. The first-order chi connectivity index (χ1) is 11.1. The van der Waals surface area contributed by atoms with E-state index in [0.29, 0.717) is 31.7 Å². The summed E-state index contributed by atoms with van der Waals surface area (Å²) in [6, 6.07) is 5.64. The second-order valence-electron chi connectivity index (χ2n) is 5.85.